The van der Waals surface area contributed by atoms with Crippen LogP contribution in [0.4, 0.5) is 0 Å². The molecule has 1 aromatic heterocycles. The number of hydrogen-bond acceptors (Lipinski definition) is 5. The number of aliphatic hydroxyl groups excluding tert-OH is 3. The van der Waals surface area contributed by atoms with E-state index in [1.54, 1.807) is 6.26 Å². The number of allylic oxidation sites excluding steroid dienone is 4. The average Bonchev–Trinajstić information content (AvgIpc) is 3.42. The van der Waals surface area contributed by atoms with E-state index in [1.165, 1.54) is 31.3 Å². The van der Waals surface area contributed by atoms with Gasteiger partial charge in [-0.05, 0) is 92.1 Å². The maximum Gasteiger partial charge on any atom is 0.203 e. The standard InChI is InChI=1S/C33H47NO4/c1-5-7-25-20-38-31(34-25)33(16-17-33)30(37)14-9-21(2)27-12-13-28-23(8-6-15-32(27,28)4)10-11-24-18-26(35)19-29(36)22(24)3/h9-11,14,20-21,26-30,35-37H,3,5-8,12-13,15-19H2,1-2,4H3/t21-,26+,27+,28-,29-,30+,32+/m0/s1. The zero-order valence-corrected chi connectivity index (χ0v) is 23.5. The molecule has 0 aliphatic heterocycles. The molecule has 0 amide bonds. The van der Waals surface area contributed by atoms with E-state index in [-0.39, 0.29) is 10.8 Å². The fraction of sp³-hybridized carbons (Fsp3) is 0.667. The fourth-order valence-corrected chi connectivity index (χ4v) is 7.88. The van der Waals surface area contributed by atoms with Gasteiger partial charge in [-0.3, -0.25) is 0 Å². The molecule has 4 saturated carbocycles. The van der Waals surface area contributed by atoms with E-state index >= 15 is 0 Å². The second kappa shape index (κ2) is 10.9. The van der Waals surface area contributed by atoms with Crippen LogP contribution in [0.2, 0.25) is 0 Å². The summed E-state index contributed by atoms with van der Waals surface area (Å²) in [5.74, 6) is 2.23. The maximum absolute atomic E-state index is 11.2. The number of oxazole rings is 1. The molecule has 0 radical (unpaired) electrons. The van der Waals surface area contributed by atoms with Crippen LogP contribution in [0.1, 0.15) is 96.6 Å². The molecule has 208 valence electrons. The SMILES string of the molecule is C=C1C(=CC=C2CCC[C@]3(C)[C@@H]([C@@H](C)C=C[C@@H](O)C4(c5nc(CCC)co5)CC4)CC[C@@H]23)C[C@@H](O)C[C@@H]1O. The third-order valence-electron chi connectivity index (χ3n) is 10.4. The van der Waals surface area contributed by atoms with E-state index in [4.69, 9.17) is 9.40 Å². The predicted octanol–water partition coefficient (Wildman–Crippen LogP) is 6.35. The molecule has 3 N–H and O–H groups in total. The summed E-state index contributed by atoms with van der Waals surface area (Å²) in [4.78, 5) is 4.69. The number of aliphatic hydroxyl groups is 3. The van der Waals surface area contributed by atoms with Gasteiger partial charge in [-0.15, -0.1) is 0 Å². The third kappa shape index (κ3) is 5.14. The van der Waals surface area contributed by atoms with Crippen molar-refractivity contribution in [1.29, 1.82) is 0 Å². The molecule has 38 heavy (non-hydrogen) atoms. The highest BCUT2D eigenvalue weighted by molar-refractivity contribution is 5.38. The molecule has 1 aromatic rings. The van der Waals surface area contributed by atoms with Crippen LogP contribution in [0, 0.1) is 23.2 Å². The second-order valence-electron chi connectivity index (χ2n) is 12.9. The Morgan fingerprint density at radius 2 is 1.97 bits per heavy atom. The van der Waals surface area contributed by atoms with Crippen LogP contribution in [0.5, 0.6) is 0 Å². The topological polar surface area (TPSA) is 86.7 Å². The van der Waals surface area contributed by atoms with E-state index in [0.29, 0.717) is 36.5 Å². The van der Waals surface area contributed by atoms with Crippen molar-refractivity contribution < 1.29 is 19.7 Å². The molecule has 0 unspecified atom stereocenters. The van der Waals surface area contributed by atoms with Gasteiger partial charge in [0.15, 0.2) is 0 Å². The Bertz CT molecular complexity index is 1110. The highest BCUT2D eigenvalue weighted by atomic mass is 16.3. The van der Waals surface area contributed by atoms with Crippen LogP contribution in [0.25, 0.3) is 0 Å². The van der Waals surface area contributed by atoms with Gasteiger partial charge in [-0.2, -0.15) is 0 Å². The smallest absolute Gasteiger partial charge is 0.203 e. The summed E-state index contributed by atoms with van der Waals surface area (Å²) in [6.07, 6.45) is 19.4. The monoisotopic (exact) mass is 521 g/mol. The number of aryl methyl sites for hydroxylation is 1. The average molecular weight is 522 g/mol. The predicted molar refractivity (Wildman–Crippen MR) is 150 cm³/mol. The van der Waals surface area contributed by atoms with Gasteiger partial charge >= 0.3 is 0 Å². The van der Waals surface area contributed by atoms with Gasteiger partial charge in [-0.1, -0.05) is 63.6 Å². The van der Waals surface area contributed by atoms with Crippen molar-refractivity contribution in [3.05, 3.63) is 65.5 Å². The number of hydrogen-bond donors (Lipinski definition) is 3. The molecule has 4 aliphatic carbocycles. The summed E-state index contributed by atoms with van der Waals surface area (Å²) in [6.45, 7) is 11.0. The molecule has 0 saturated heterocycles. The Morgan fingerprint density at radius 1 is 1.18 bits per heavy atom. The molecule has 0 aromatic carbocycles. The van der Waals surface area contributed by atoms with Gasteiger partial charge in [0, 0.05) is 6.42 Å². The zero-order valence-electron chi connectivity index (χ0n) is 23.5. The van der Waals surface area contributed by atoms with E-state index < -0.39 is 18.3 Å². The highest BCUT2D eigenvalue weighted by Crippen LogP contribution is 2.60. The lowest BCUT2D eigenvalue weighted by molar-refractivity contribution is 0.0862. The lowest BCUT2D eigenvalue weighted by atomic mass is 9.61. The van der Waals surface area contributed by atoms with E-state index in [0.717, 1.165) is 48.9 Å². The second-order valence-corrected chi connectivity index (χ2v) is 12.9. The number of rotatable bonds is 8. The first-order valence-electron chi connectivity index (χ1n) is 14.9. The molecule has 5 nitrogen and oxygen atoms in total. The number of nitrogens with zero attached hydrogens (tertiary/aromatic N) is 1. The summed E-state index contributed by atoms with van der Waals surface area (Å²) in [5.41, 5.74) is 4.14. The largest absolute Gasteiger partial charge is 0.448 e. The van der Waals surface area contributed by atoms with Crippen LogP contribution < -0.4 is 0 Å². The Morgan fingerprint density at radius 3 is 2.71 bits per heavy atom. The van der Waals surface area contributed by atoms with E-state index in [1.807, 2.05) is 6.08 Å². The van der Waals surface area contributed by atoms with Crippen molar-refractivity contribution in [3.63, 3.8) is 0 Å². The molecule has 5 rings (SSSR count). The maximum atomic E-state index is 11.2. The quantitative estimate of drug-likeness (QED) is 0.347. The van der Waals surface area contributed by atoms with Gasteiger partial charge in [0.25, 0.3) is 0 Å². The Kier molecular flexibility index (Phi) is 7.92. The Hall–Kier alpha value is -1.95. The van der Waals surface area contributed by atoms with Gasteiger partial charge in [-0.25, -0.2) is 4.98 Å². The van der Waals surface area contributed by atoms with Gasteiger partial charge in [0.1, 0.15) is 6.26 Å². The van der Waals surface area contributed by atoms with Crippen molar-refractivity contribution in [2.45, 2.75) is 115 Å². The van der Waals surface area contributed by atoms with Gasteiger partial charge in [0.2, 0.25) is 5.89 Å². The van der Waals surface area contributed by atoms with Crippen molar-refractivity contribution >= 4 is 0 Å². The van der Waals surface area contributed by atoms with Crippen molar-refractivity contribution in [1.82, 2.24) is 4.98 Å². The van der Waals surface area contributed by atoms with Crippen LogP contribution in [0.15, 0.2) is 58.3 Å². The Balaban J connectivity index is 1.27. The summed E-state index contributed by atoms with van der Waals surface area (Å²) in [5, 5.41) is 31.5. The van der Waals surface area contributed by atoms with Crippen molar-refractivity contribution in [3.8, 4) is 0 Å². The van der Waals surface area contributed by atoms with Crippen LogP contribution in [-0.4, -0.2) is 38.6 Å². The molecule has 4 fully saturated rings. The van der Waals surface area contributed by atoms with Gasteiger partial charge < -0.3 is 19.7 Å². The van der Waals surface area contributed by atoms with Crippen molar-refractivity contribution in [2.24, 2.45) is 23.2 Å². The highest BCUT2D eigenvalue weighted by Gasteiger charge is 2.54. The van der Waals surface area contributed by atoms with Gasteiger partial charge in [0.05, 0.1) is 29.4 Å². The lowest BCUT2D eigenvalue weighted by Crippen LogP contribution is -2.35. The minimum absolute atomic E-state index is 0.245. The summed E-state index contributed by atoms with van der Waals surface area (Å²) in [7, 11) is 0. The molecule has 4 aliphatic rings. The van der Waals surface area contributed by atoms with Crippen molar-refractivity contribution in [2.75, 3.05) is 0 Å². The van der Waals surface area contributed by atoms with Crippen LogP contribution in [-0.2, 0) is 11.8 Å². The first kappa shape index (κ1) is 27.6. The number of fused-ring (bicyclic) bond motifs is 1. The molecule has 7 atom stereocenters. The lowest BCUT2D eigenvalue weighted by Gasteiger charge is -2.44. The molecular formula is C33H47NO4. The summed E-state index contributed by atoms with van der Waals surface area (Å²) in [6, 6.07) is 0. The third-order valence-corrected chi connectivity index (χ3v) is 10.4. The molecule has 5 heteroatoms. The minimum atomic E-state index is -0.643. The first-order valence-corrected chi connectivity index (χ1v) is 14.9. The molecule has 1 heterocycles. The first-order chi connectivity index (χ1) is 18.2. The summed E-state index contributed by atoms with van der Waals surface area (Å²) >= 11 is 0. The van der Waals surface area contributed by atoms with Crippen LogP contribution >= 0.6 is 0 Å². The number of aromatic nitrogens is 1. The molecule has 0 spiro atoms. The molecule has 0 bridgehead atoms. The summed E-state index contributed by atoms with van der Waals surface area (Å²) < 4.78 is 5.81. The normalized spacial score (nSPS) is 36.6. The molecular weight excluding hydrogens is 474 g/mol. The minimum Gasteiger partial charge on any atom is -0.448 e. The van der Waals surface area contributed by atoms with E-state index in [2.05, 4.69) is 45.6 Å². The fourth-order valence-electron chi connectivity index (χ4n) is 7.88. The Labute approximate surface area is 228 Å². The zero-order chi connectivity index (χ0) is 27.1. The van der Waals surface area contributed by atoms with Crippen LogP contribution in [0.3, 0.4) is 0 Å². The van der Waals surface area contributed by atoms with E-state index in [9.17, 15) is 15.3 Å².